The predicted octanol–water partition coefficient (Wildman–Crippen LogP) is 2.27. The summed E-state index contributed by atoms with van der Waals surface area (Å²) in [5.74, 6) is -0.748. The highest BCUT2D eigenvalue weighted by atomic mass is 79.9. The van der Waals surface area contributed by atoms with E-state index in [1.165, 1.54) is 24.0 Å². The van der Waals surface area contributed by atoms with Crippen LogP contribution in [0.25, 0.3) is 20.9 Å². The van der Waals surface area contributed by atoms with Crippen LogP contribution in [0.3, 0.4) is 0 Å². The number of nitrogens with two attached hydrogens (primary N) is 3. The minimum atomic E-state index is -1.06. The van der Waals surface area contributed by atoms with E-state index >= 15 is 0 Å². The third kappa shape index (κ3) is 133. The van der Waals surface area contributed by atoms with E-state index in [0.29, 0.717) is 70.3 Å². The number of Topliss-reactive ketones (excluding diaryl/α,β-unsaturated/α-hetero) is 1. The van der Waals surface area contributed by atoms with E-state index in [1.807, 2.05) is 0 Å². The van der Waals surface area contributed by atoms with E-state index in [4.69, 9.17) is 95.3 Å². The first-order valence-electron chi connectivity index (χ1n) is 28.4. The Labute approximate surface area is 599 Å². The second kappa shape index (κ2) is 96.2. The molecular weight excluding hydrogens is 1510 g/mol. The zero-order valence-corrected chi connectivity index (χ0v) is 59.9. The average Bonchev–Trinajstić information content (AvgIpc) is 1.66. The number of azide groups is 2. The van der Waals surface area contributed by atoms with E-state index in [9.17, 15) is 67.1 Å². The number of hydrogen-bond acceptors (Lipinski definition) is 27. The van der Waals surface area contributed by atoms with E-state index in [0.717, 1.165) is 37.7 Å². The van der Waals surface area contributed by atoms with Gasteiger partial charge in [0.1, 0.15) is 23.4 Å². The third-order valence-electron chi connectivity index (χ3n) is 9.00. The van der Waals surface area contributed by atoms with Crippen molar-refractivity contribution in [3.8, 4) is 12.3 Å². The number of carboxylic acid groups (broad SMARTS) is 9. The fourth-order valence-corrected chi connectivity index (χ4v) is 5.08. The fraction of sp³-hybridized carbons (Fsp3) is 0.667. The van der Waals surface area contributed by atoms with Crippen LogP contribution in [-0.2, 0) is 72.0 Å². The maximum atomic E-state index is 11.4. The number of halogens is 2. The van der Waals surface area contributed by atoms with E-state index in [2.05, 4.69) is 112 Å². The van der Waals surface area contributed by atoms with Crippen molar-refractivity contribution in [2.45, 2.75) is 122 Å². The van der Waals surface area contributed by atoms with Crippen LogP contribution >= 0.6 is 69.7 Å². The summed E-state index contributed by atoms with van der Waals surface area (Å²) in [4.78, 5) is 151. The van der Waals surface area contributed by atoms with Gasteiger partial charge >= 0.3 is 53.7 Å². The van der Waals surface area contributed by atoms with Crippen LogP contribution in [0.15, 0.2) is 22.4 Å². The molecule has 98 heavy (non-hydrogen) atoms. The zero-order valence-electron chi connectivity index (χ0n) is 54.1. The largest absolute Gasteiger partial charge is 0.481 e. The van der Waals surface area contributed by atoms with Crippen LogP contribution in [0.1, 0.15) is 116 Å². The summed E-state index contributed by atoms with van der Waals surface area (Å²) in [6.45, 7) is 3.53. The number of ketones is 1. The van der Waals surface area contributed by atoms with Gasteiger partial charge in [0.25, 0.3) is 11.8 Å². The summed E-state index contributed by atoms with van der Waals surface area (Å²) in [6, 6.07) is -0.816. The number of amides is 3. The molecule has 39 nitrogen and oxygen atoms in total. The molecule has 0 aromatic rings. The lowest BCUT2D eigenvalue weighted by atomic mass is 9.82. The molecule has 0 radical (unpaired) electrons. The standard InChI is InChI=1S/C12H15NO4.C5H8BrNO3.C5H8O3.C5H6O2.C4H7N3O2.C4H8O2.C3H7N3O.C3H7NO2S.C3H9NO.C3H6O2S.C3H8OS.C2H3BrO2.C2H5NO3/c14-10-5-6-11(15)13(10)7-8-1-3-9(4-2-8)12(16)17;6-3-4(8)7-2-1-5(9)10;1-4(6)2-3-5(7)8;1-2-3-4-5(6)7;5-7-6-3-1-2-4(8)9;5-3-1-2-4-6;4-6-5-2-1-3-7;4-2(1-7)3(5)6;4-2-1-3-5;4-3(5)1-2-6;4-2-1-3-5;3-1-2(4)5;3-6-1-2(4)5/h5-6,8-9H,1-4,7H2,(H,16,17);1-3H2,(H,7,8)(H,9,10);2-3H2,1H3,(H,7,8);1H,3-4H2,(H,6,7);1-3H2,(H,8,9);3,6H,1-2,4H2;7H,1-3H2;2,7H,1,4H2,(H,5,6);5H,1-4H2;6H,1-2H2,(H,4,5);4-5H,1-3H2;1H2,(H,4,5);1,3H2,(H,4,5). The Balaban J connectivity index is -0.0000000949. The van der Waals surface area contributed by atoms with Crippen molar-refractivity contribution in [3.05, 3.63) is 33.0 Å². The summed E-state index contributed by atoms with van der Waals surface area (Å²) in [5, 5.41) is 113. The van der Waals surface area contributed by atoms with Crippen molar-refractivity contribution in [1.29, 1.82) is 0 Å². The number of hydrogen-bond donors (Lipinski definition) is 20. The molecule has 3 amide bonds. The van der Waals surface area contributed by atoms with Gasteiger partial charge in [-0.25, -0.2) is 10.7 Å². The van der Waals surface area contributed by atoms with Gasteiger partial charge < -0.3 is 92.8 Å². The lowest BCUT2D eigenvalue weighted by Gasteiger charge is -2.28. The maximum Gasteiger partial charge on any atom is 0.331 e. The summed E-state index contributed by atoms with van der Waals surface area (Å²) in [6.07, 6.45) is 15.3. The molecule has 0 bridgehead atoms. The average molecular weight is 1600 g/mol. The van der Waals surface area contributed by atoms with Gasteiger partial charge in [-0.1, -0.05) is 42.1 Å². The second-order valence-corrected chi connectivity index (χ2v) is 19.8. The highest BCUT2D eigenvalue weighted by molar-refractivity contribution is 9.09. The van der Waals surface area contributed by atoms with Crippen molar-refractivity contribution >= 4 is 153 Å². The number of imide groups is 1. The molecule has 1 heterocycles. The van der Waals surface area contributed by atoms with Crippen molar-refractivity contribution in [2.24, 2.45) is 39.4 Å². The van der Waals surface area contributed by atoms with Gasteiger partial charge in [-0.2, -0.15) is 37.9 Å². The maximum absolute atomic E-state index is 11.4. The number of carboxylic acids is 9. The van der Waals surface area contributed by atoms with Gasteiger partial charge in [-0.05, 0) is 94.0 Å². The van der Waals surface area contributed by atoms with Crippen LogP contribution in [0, 0.1) is 24.2 Å². The SMILES string of the molecule is C#CCCC(=O)O.CC(=O)CCC(=O)O.NC(CS)C(=O)O.NCCCO.NOCC(=O)O.O=C(O)C1CCC(CN2C(=O)C=CC2=O)CC1.O=C(O)CBr.O=C(O)CCNC(=O)CBr.O=C(O)CCS.O=CCCCO.OCCCS.[N-]=[N+]=NCCCC(=O)O.[N-]=[N+]=NCCCO. The number of aldehydes is 1. The topological polar surface area (TPSA) is 702 Å². The molecule has 1 unspecified atom stereocenters. The molecule has 44 heteroatoms. The Hall–Kier alpha value is -7.21. The third-order valence-corrected chi connectivity index (χ3v) is 10.9. The highest BCUT2D eigenvalue weighted by Gasteiger charge is 2.31. The Kier molecular flexibility index (Phi) is 113. The number of unbranched alkanes of at least 4 members (excludes halogenated alkanes) is 1. The minimum absolute atomic E-state index is 0.0290. The van der Waals surface area contributed by atoms with Gasteiger partial charge in [-0.3, -0.25) is 62.5 Å². The first-order valence-corrected chi connectivity index (χ1v) is 32.5. The van der Waals surface area contributed by atoms with Crippen molar-refractivity contribution in [3.63, 3.8) is 0 Å². The van der Waals surface area contributed by atoms with Crippen molar-refractivity contribution in [2.75, 3.05) is 93.7 Å². The number of carbonyl (C=O) groups excluding carboxylic acids is 5. The number of aliphatic carboxylic acids is 9. The number of nitrogens with one attached hydrogen (secondary N) is 1. The van der Waals surface area contributed by atoms with Crippen LogP contribution in [0.4, 0.5) is 0 Å². The van der Waals surface area contributed by atoms with Gasteiger partial charge in [0.2, 0.25) is 5.91 Å². The number of aliphatic hydroxyl groups is 4. The lowest BCUT2D eigenvalue weighted by molar-refractivity contribution is -0.144. The molecule has 1 aliphatic heterocycles. The van der Waals surface area contributed by atoms with E-state index in [-0.39, 0.29) is 130 Å². The molecule has 1 aliphatic carbocycles. The van der Waals surface area contributed by atoms with E-state index in [1.54, 1.807) is 0 Å². The molecule has 0 aromatic heterocycles. The number of terminal acetylenes is 1. The summed E-state index contributed by atoms with van der Waals surface area (Å²) < 4.78 is 0. The zero-order chi connectivity index (χ0) is 78.5. The van der Waals surface area contributed by atoms with Crippen LogP contribution in [-0.4, -0.2) is 255 Å². The quantitative estimate of drug-likeness (QED) is 0.00428. The molecule has 0 spiro atoms. The Morgan fingerprint density at radius 2 is 1.12 bits per heavy atom. The summed E-state index contributed by atoms with van der Waals surface area (Å²) in [7, 11) is 0. The second-order valence-electron chi connectivity index (χ2n) is 17.4. The molecule has 20 N–H and O–H groups in total. The number of carbonyl (C=O) groups is 14. The Morgan fingerprint density at radius 3 is 1.34 bits per heavy atom. The summed E-state index contributed by atoms with van der Waals surface area (Å²) >= 11 is 16.8. The molecule has 0 aromatic carbocycles. The molecule has 1 saturated carbocycles. The molecular formula is C54H97Br2N11O28S3. The minimum Gasteiger partial charge on any atom is -0.481 e. The number of rotatable bonds is 33. The number of aliphatic hydroxyl groups excluding tert-OH is 4. The monoisotopic (exact) mass is 1600 g/mol. The van der Waals surface area contributed by atoms with Gasteiger partial charge in [0.15, 0.2) is 6.61 Å². The van der Waals surface area contributed by atoms with Gasteiger partial charge in [0, 0.05) is 112 Å². The number of thiol groups is 3. The molecule has 1 fully saturated rings. The summed E-state index contributed by atoms with van der Waals surface area (Å²) in [5.41, 5.74) is 25.3. The Bertz CT molecular complexity index is 2240. The van der Waals surface area contributed by atoms with Crippen LogP contribution in [0.5, 0.6) is 0 Å². The lowest BCUT2D eigenvalue weighted by Crippen LogP contribution is -2.36. The van der Waals surface area contributed by atoms with Crippen LogP contribution < -0.4 is 22.7 Å². The Morgan fingerprint density at radius 1 is 0.673 bits per heavy atom. The smallest absolute Gasteiger partial charge is 0.331 e. The van der Waals surface area contributed by atoms with Gasteiger partial charge in [-0.15, -0.1) is 12.3 Å². The number of nitrogens with zero attached hydrogens (tertiary/aromatic N) is 7. The number of alkyl halides is 2. The molecule has 568 valence electrons. The first kappa shape index (κ1) is 115. The van der Waals surface area contributed by atoms with Crippen molar-refractivity contribution in [1.82, 2.24) is 10.2 Å². The van der Waals surface area contributed by atoms with E-state index < -0.39 is 66.4 Å². The normalized spacial score (nSPS) is 12.1. The molecule has 0 saturated heterocycles. The van der Waals surface area contributed by atoms with Crippen molar-refractivity contribution < 1.29 is 138 Å². The molecule has 1 atom stereocenters. The fourth-order valence-electron chi connectivity index (χ4n) is 4.39. The molecule has 2 aliphatic rings. The first-order chi connectivity index (χ1) is 46.1. The molecule has 2 rings (SSSR count). The highest BCUT2D eigenvalue weighted by Crippen LogP contribution is 2.30. The van der Waals surface area contributed by atoms with Gasteiger partial charge in [0.05, 0.1) is 36.9 Å². The van der Waals surface area contributed by atoms with Crippen LogP contribution in [0.2, 0.25) is 0 Å². The predicted molar refractivity (Wildman–Crippen MR) is 371 cm³/mol.